The zero-order valence-electron chi connectivity index (χ0n) is 8.93. The van der Waals surface area contributed by atoms with E-state index in [1.165, 1.54) is 0 Å². The highest BCUT2D eigenvalue weighted by atomic mass is 35.5. The molecule has 1 aliphatic rings. The number of benzene rings is 1. The maximum atomic E-state index is 11.8. The Hall–Kier alpha value is -1.02. The van der Waals surface area contributed by atoms with Crippen LogP contribution in [0.1, 0.15) is 34.3 Å². The van der Waals surface area contributed by atoms with E-state index in [0.29, 0.717) is 16.6 Å². The van der Waals surface area contributed by atoms with Crippen LogP contribution in [0.3, 0.4) is 0 Å². The predicted molar refractivity (Wildman–Crippen MR) is 61.4 cm³/mol. The summed E-state index contributed by atoms with van der Waals surface area (Å²) >= 11 is 6.04. The first-order valence-corrected chi connectivity index (χ1v) is 5.53. The van der Waals surface area contributed by atoms with E-state index < -0.39 is 0 Å². The van der Waals surface area contributed by atoms with Crippen LogP contribution in [0, 0.1) is 13.8 Å². The Kier molecular flexibility index (Phi) is 2.70. The van der Waals surface area contributed by atoms with Crippen molar-refractivity contribution in [2.24, 2.45) is 0 Å². The molecule has 0 aliphatic heterocycles. The fraction of sp³-hybridized carbons (Fsp3) is 0.417. The number of hydrogen-bond acceptors (Lipinski definition) is 1. The molecule has 0 unspecified atom stereocenters. The van der Waals surface area contributed by atoms with Gasteiger partial charge in [-0.2, -0.15) is 0 Å². The van der Waals surface area contributed by atoms with Gasteiger partial charge in [0.2, 0.25) is 0 Å². The molecule has 2 nitrogen and oxygen atoms in total. The minimum Gasteiger partial charge on any atom is -0.349 e. The standard InChI is InChI=1S/C12H14ClNO/c1-7-5-10(11(13)6-8(7)2)12(15)14-9-3-4-9/h5-6,9H,3-4H2,1-2H3,(H,14,15). The minimum absolute atomic E-state index is 0.0504. The Morgan fingerprint density at radius 3 is 2.53 bits per heavy atom. The molecule has 1 saturated carbocycles. The van der Waals surface area contributed by atoms with Crippen LogP contribution in [0.15, 0.2) is 12.1 Å². The molecule has 0 heterocycles. The van der Waals surface area contributed by atoms with Crippen LogP contribution in [0.4, 0.5) is 0 Å². The molecule has 80 valence electrons. The molecule has 1 fully saturated rings. The first-order valence-electron chi connectivity index (χ1n) is 5.15. The number of nitrogens with one attached hydrogen (secondary N) is 1. The lowest BCUT2D eigenvalue weighted by Gasteiger charge is -2.08. The highest BCUT2D eigenvalue weighted by Crippen LogP contribution is 2.23. The number of carbonyl (C=O) groups excluding carboxylic acids is 1. The van der Waals surface area contributed by atoms with Crippen LogP contribution in [-0.2, 0) is 0 Å². The molecular formula is C12H14ClNO. The van der Waals surface area contributed by atoms with Gasteiger partial charge in [0.1, 0.15) is 0 Å². The Morgan fingerprint density at radius 1 is 1.33 bits per heavy atom. The lowest BCUT2D eigenvalue weighted by atomic mass is 10.1. The van der Waals surface area contributed by atoms with Crippen molar-refractivity contribution in [1.29, 1.82) is 0 Å². The van der Waals surface area contributed by atoms with Crippen LogP contribution < -0.4 is 5.32 Å². The topological polar surface area (TPSA) is 29.1 Å². The van der Waals surface area contributed by atoms with E-state index in [0.717, 1.165) is 24.0 Å². The summed E-state index contributed by atoms with van der Waals surface area (Å²) in [6.45, 7) is 3.98. The first kappa shape index (κ1) is 10.5. The van der Waals surface area contributed by atoms with E-state index in [-0.39, 0.29) is 5.91 Å². The molecule has 1 aromatic rings. The summed E-state index contributed by atoms with van der Waals surface area (Å²) in [7, 11) is 0. The van der Waals surface area contributed by atoms with Gasteiger partial charge in [-0.25, -0.2) is 0 Å². The molecule has 1 aromatic carbocycles. The Morgan fingerprint density at radius 2 is 1.93 bits per heavy atom. The lowest BCUT2D eigenvalue weighted by Crippen LogP contribution is -2.25. The van der Waals surface area contributed by atoms with Gasteiger partial charge in [0, 0.05) is 6.04 Å². The Balaban J connectivity index is 2.25. The van der Waals surface area contributed by atoms with Gasteiger partial charge in [-0.05, 0) is 49.9 Å². The molecule has 0 aromatic heterocycles. The summed E-state index contributed by atoms with van der Waals surface area (Å²) in [5, 5.41) is 3.47. The molecule has 0 atom stereocenters. The smallest absolute Gasteiger partial charge is 0.253 e. The second kappa shape index (κ2) is 3.86. The Labute approximate surface area is 94.6 Å². The average molecular weight is 224 g/mol. The van der Waals surface area contributed by atoms with Crippen molar-refractivity contribution >= 4 is 17.5 Å². The van der Waals surface area contributed by atoms with Crippen LogP contribution >= 0.6 is 11.6 Å². The third-order valence-corrected chi connectivity index (χ3v) is 3.05. The van der Waals surface area contributed by atoms with Gasteiger partial charge in [-0.3, -0.25) is 4.79 Å². The fourth-order valence-electron chi connectivity index (χ4n) is 1.45. The summed E-state index contributed by atoms with van der Waals surface area (Å²) in [6, 6.07) is 4.07. The minimum atomic E-state index is -0.0504. The maximum absolute atomic E-state index is 11.8. The van der Waals surface area contributed by atoms with Gasteiger partial charge in [-0.1, -0.05) is 11.6 Å². The fourth-order valence-corrected chi connectivity index (χ4v) is 1.75. The number of halogens is 1. The largest absolute Gasteiger partial charge is 0.349 e. The van der Waals surface area contributed by atoms with E-state index in [1.807, 2.05) is 26.0 Å². The van der Waals surface area contributed by atoms with Crippen molar-refractivity contribution in [3.05, 3.63) is 33.8 Å². The van der Waals surface area contributed by atoms with Crippen molar-refractivity contribution in [2.45, 2.75) is 32.7 Å². The van der Waals surface area contributed by atoms with Crippen molar-refractivity contribution in [3.8, 4) is 0 Å². The molecule has 15 heavy (non-hydrogen) atoms. The maximum Gasteiger partial charge on any atom is 0.253 e. The molecule has 0 spiro atoms. The molecule has 1 amide bonds. The zero-order valence-corrected chi connectivity index (χ0v) is 9.69. The molecule has 2 rings (SSSR count). The Bertz CT molecular complexity index is 410. The quantitative estimate of drug-likeness (QED) is 0.821. The second-order valence-corrected chi connectivity index (χ2v) is 4.57. The summed E-state index contributed by atoms with van der Waals surface area (Å²) in [5.41, 5.74) is 2.80. The van der Waals surface area contributed by atoms with Gasteiger partial charge < -0.3 is 5.32 Å². The number of aryl methyl sites for hydroxylation is 2. The van der Waals surface area contributed by atoms with Gasteiger partial charge >= 0.3 is 0 Å². The normalized spacial score (nSPS) is 15.1. The number of carbonyl (C=O) groups is 1. The lowest BCUT2D eigenvalue weighted by molar-refractivity contribution is 0.0951. The number of hydrogen-bond donors (Lipinski definition) is 1. The first-order chi connectivity index (χ1) is 7.08. The number of amides is 1. The van der Waals surface area contributed by atoms with Crippen molar-refractivity contribution in [3.63, 3.8) is 0 Å². The predicted octanol–water partition coefficient (Wildman–Crippen LogP) is 2.85. The third-order valence-electron chi connectivity index (χ3n) is 2.74. The molecular weight excluding hydrogens is 210 g/mol. The zero-order chi connectivity index (χ0) is 11.0. The molecule has 0 radical (unpaired) electrons. The summed E-state index contributed by atoms with van der Waals surface area (Å²) in [6.07, 6.45) is 2.18. The molecule has 1 aliphatic carbocycles. The summed E-state index contributed by atoms with van der Waals surface area (Å²) < 4.78 is 0. The monoisotopic (exact) mass is 223 g/mol. The molecule has 1 N–H and O–H groups in total. The van der Waals surface area contributed by atoms with E-state index in [9.17, 15) is 4.79 Å². The third kappa shape index (κ3) is 2.32. The summed E-state index contributed by atoms with van der Waals surface area (Å²) in [5.74, 6) is -0.0504. The number of rotatable bonds is 2. The molecule has 0 saturated heterocycles. The van der Waals surface area contributed by atoms with Crippen molar-refractivity contribution in [1.82, 2.24) is 5.32 Å². The van der Waals surface area contributed by atoms with Crippen molar-refractivity contribution < 1.29 is 4.79 Å². The highest BCUT2D eigenvalue weighted by Gasteiger charge is 2.24. The van der Waals surface area contributed by atoms with Gasteiger partial charge in [-0.15, -0.1) is 0 Å². The van der Waals surface area contributed by atoms with E-state index in [2.05, 4.69) is 5.32 Å². The second-order valence-electron chi connectivity index (χ2n) is 4.16. The summed E-state index contributed by atoms with van der Waals surface area (Å²) in [4.78, 5) is 11.8. The van der Waals surface area contributed by atoms with Crippen LogP contribution in [-0.4, -0.2) is 11.9 Å². The SMILES string of the molecule is Cc1cc(Cl)c(C(=O)NC2CC2)cc1C. The van der Waals surface area contributed by atoms with Gasteiger partial charge in [0.25, 0.3) is 5.91 Å². The van der Waals surface area contributed by atoms with Crippen LogP contribution in [0.5, 0.6) is 0 Å². The van der Waals surface area contributed by atoms with Crippen LogP contribution in [0.2, 0.25) is 5.02 Å². The molecule has 0 bridgehead atoms. The van der Waals surface area contributed by atoms with E-state index >= 15 is 0 Å². The van der Waals surface area contributed by atoms with E-state index in [4.69, 9.17) is 11.6 Å². The molecule has 3 heteroatoms. The van der Waals surface area contributed by atoms with E-state index in [1.54, 1.807) is 0 Å². The average Bonchev–Trinajstić information content (AvgIpc) is 2.95. The van der Waals surface area contributed by atoms with Crippen LogP contribution in [0.25, 0.3) is 0 Å². The van der Waals surface area contributed by atoms with Gasteiger partial charge in [0.05, 0.1) is 10.6 Å². The highest BCUT2D eigenvalue weighted by molar-refractivity contribution is 6.34. The van der Waals surface area contributed by atoms with Crippen molar-refractivity contribution in [2.75, 3.05) is 0 Å². The van der Waals surface area contributed by atoms with Gasteiger partial charge in [0.15, 0.2) is 0 Å².